The van der Waals surface area contributed by atoms with Crippen LogP contribution in [0.5, 0.6) is 11.5 Å². The van der Waals surface area contributed by atoms with Crippen LogP contribution in [0.4, 0.5) is 5.69 Å². The van der Waals surface area contributed by atoms with Crippen LogP contribution >= 0.6 is 11.3 Å². The van der Waals surface area contributed by atoms with E-state index in [9.17, 15) is 23.1 Å². The van der Waals surface area contributed by atoms with Crippen molar-refractivity contribution in [3.8, 4) is 21.9 Å². The number of carbonyl (C=O) groups is 2. The van der Waals surface area contributed by atoms with Crippen LogP contribution in [0.3, 0.4) is 0 Å². The van der Waals surface area contributed by atoms with E-state index < -0.39 is 21.5 Å². The quantitative estimate of drug-likeness (QED) is 0.195. The van der Waals surface area contributed by atoms with Crippen LogP contribution in [0.25, 0.3) is 10.4 Å². The predicted molar refractivity (Wildman–Crippen MR) is 183 cm³/mol. The molecule has 3 aromatic carbocycles. The van der Waals surface area contributed by atoms with Gasteiger partial charge < -0.3 is 19.6 Å². The van der Waals surface area contributed by atoms with Gasteiger partial charge in [0.15, 0.2) is 5.60 Å². The van der Waals surface area contributed by atoms with Gasteiger partial charge in [0.2, 0.25) is 5.91 Å². The minimum Gasteiger partial charge on any atom is -0.508 e. The second-order valence-electron chi connectivity index (χ2n) is 12.7. The molecule has 2 N–H and O–H groups in total. The molecule has 1 aliphatic heterocycles. The highest BCUT2D eigenvalue weighted by Gasteiger charge is 2.38. The number of anilines is 1. The van der Waals surface area contributed by atoms with Gasteiger partial charge in [0.1, 0.15) is 11.5 Å². The Morgan fingerprint density at radius 2 is 1.77 bits per heavy atom. The first-order chi connectivity index (χ1) is 22.5. The Bertz CT molecular complexity index is 1840. The average molecular weight is 674 g/mol. The summed E-state index contributed by atoms with van der Waals surface area (Å²) in [5.41, 5.74) is 1.65. The molecule has 6 rings (SSSR count). The minimum absolute atomic E-state index is 0.135. The molecule has 0 radical (unpaired) electrons. The number of phenolic OH excluding ortho intramolecular Hbond substituents is 1. The smallest absolute Gasteiger partial charge is 0.277 e. The van der Waals surface area contributed by atoms with Gasteiger partial charge in [-0.05, 0) is 86.4 Å². The number of carbonyl (C=O) groups excluding carboxylic acids is 2. The topological polar surface area (TPSA) is 116 Å². The molecule has 4 aromatic rings. The lowest BCUT2D eigenvalue weighted by Gasteiger charge is -2.36. The van der Waals surface area contributed by atoms with E-state index in [-0.39, 0.29) is 28.5 Å². The SMILES string of the molecule is CC(C)(Oc1cccc(N2CCCC(C(=O)N(Cc3ccc(-c4cccs4)cc3)C3CC3)C2)c1)C(=O)NS(=O)(=O)c1cccc(O)c1. The van der Waals surface area contributed by atoms with E-state index in [0.717, 1.165) is 49.5 Å². The fourth-order valence-electron chi connectivity index (χ4n) is 5.87. The number of phenols is 1. The van der Waals surface area contributed by atoms with E-state index in [1.54, 1.807) is 17.4 Å². The number of nitrogens with one attached hydrogen (secondary N) is 1. The van der Waals surface area contributed by atoms with Crippen LogP contribution in [0.1, 0.15) is 45.1 Å². The monoisotopic (exact) mass is 673 g/mol. The summed E-state index contributed by atoms with van der Waals surface area (Å²) in [5, 5.41) is 11.7. The molecule has 1 saturated heterocycles. The summed E-state index contributed by atoms with van der Waals surface area (Å²) in [7, 11) is -4.22. The average Bonchev–Trinajstić information content (AvgIpc) is 3.75. The van der Waals surface area contributed by atoms with Crippen molar-refractivity contribution >= 4 is 38.9 Å². The molecule has 47 heavy (non-hydrogen) atoms. The number of hydrogen-bond acceptors (Lipinski definition) is 8. The van der Waals surface area contributed by atoms with Gasteiger partial charge in [0.05, 0.1) is 10.8 Å². The Morgan fingerprint density at radius 1 is 1.00 bits per heavy atom. The van der Waals surface area contributed by atoms with Gasteiger partial charge in [-0.1, -0.05) is 42.5 Å². The number of hydrogen-bond donors (Lipinski definition) is 2. The maximum atomic E-state index is 13.9. The molecular formula is C36H39N3O6S2. The van der Waals surface area contributed by atoms with Crippen LogP contribution in [0.2, 0.25) is 0 Å². The second kappa shape index (κ2) is 13.4. The first kappa shape index (κ1) is 32.6. The standard InChI is InChI=1S/C36H39N3O6S2/c1-36(2,35(42)37-47(43,44)32-11-4-9-30(40)22-32)45-31-10-3-8-29(21-31)38-19-5-7-27(24-38)34(41)39(28-17-18-28)23-25-13-15-26(16-14-25)33-12-6-20-46-33/h3-4,6,8-16,20-22,27-28,40H,5,7,17-19,23-24H2,1-2H3,(H,37,42). The maximum Gasteiger partial charge on any atom is 0.277 e. The first-order valence-corrected chi connectivity index (χ1v) is 18.2. The Hall–Kier alpha value is -4.35. The Kier molecular flexibility index (Phi) is 9.29. The van der Waals surface area contributed by atoms with Gasteiger partial charge in [-0.3, -0.25) is 9.59 Å². The van der Waals surface area contributed by atoms with Crippen LogP contribution in [0.15, 0.2) is 95.2 Å². The van der Waals surface area contributed by atoms with Gasteiger partial charge in [-0.25, -0.2) is 13.1 Å². The number of rotatable bonds is 11. The molecule has 2 heterocycles. The van der Waals surface area contributed by atoms with Crippen LogP contribution < -0.4 is 14.4 Å². The lowest BCUT2D eigenvalue weighted by Crippen LogP contribution is -2.48. The van der Waals surface area contributed by atoms with E-state index in [1.165, 1.54) is 42.5 Å². The molecular weight excluding hydrogens is 635 g/mol. The maximum absolute atomic E-state index is 13.9. The van der Waals surface area contributed by atoms with E-state index in [0.29, 0.717) is 18.8 Å². The van der Waals surface area contributed by atoms with Crippen molar-refractivity contribution in [1.82, 2.24) is 9.62 Å². The highest BCUT2D eigenvalue weighted by Crippen LogP contribution is 2.34. The molecule has 1 saturated carbocycles. The summed E-state index contributed by atoms with van der Waals surface area (Å²) in [5.74, 6) is -0.621. The highest BCUT2D eigenvalue weighted by molar-refractivity contribution is 7.90. The predicted octanol–water partition coefficient (Wildman–Crippen LogP) is 6.19. The third kappa shape index (κ3) is 7.80. The van der Waals surface area contributed by atoms with Gasteiger partial charge in [0.25, 0.3) is 15.9 Å². The van der Waals surface area contributed by atoms with Crippen LogP contribution in [-0.4, -0.2) is 55.0 Å². The molecule has 2 amide bonds. The molecule has 2 aliphatic rings. The van der Waals surface area contributed by atoms with Crippen molar-refractivity contribution in [1.29, 1.82) is 0 Å². The normalized spacial score (nSPS) is 16.8. The first-order valence-electron chi connectivity index (χ1n) is 15.8. The molecule has 0 spiro atoms. The summed E-state index contributed by atoms with van der Waals surface area (Å²) in [6.45, 7) is 4.95. The summed E-state index contributed by atoms with van der Waals surface area (Å²) in [6.07, 6.45) is 3.77. The number of sulfonamides is 1. The van der Waals surface area contributed by atoms with Gasteiger partial charge in [-0.2, -0.15) is 0 Å². The zero-order valence-corrected chi connectivity index (χ0v) is 28.1. The number of nitrogens with zero attached hydrogens (tertiary/aromatic N) is 2. The van der Waals surface area contributed by atoms with Crippen molar-refractivity contribution in [2.75, 3.05) is 18.0 Å². The third-order valence-corrected chi connectivity index (χ3v) is 10.9. The molecule has 0 bridgehead atoms. The van der Waals surface area contributed by atoms with Crippen molar-refractivity contribution in [3.05, 3.63) is 95.9 Å². The molecule has 1 aliphatic carbocycles. The Morgan fingerprint density at radius 3 is 2.47 bits per heavy atom. The van der Waals surface area contributed by atoms with E-state index in [1.807, 2.05) is 24.3 Å². The fraction of sp³-hybridized carbons (Fsp3) is 0.333. The van der Waals surface area contributed by atoms with E-state index >= 15 is 0 Å². The fourth-order valence-corrected chi connectivity index (χ4v) is 7.75. The van der Waals surface area contributed by atoms with Crippen LogP contribution in [0, 0.1) is 5.92 Å². The highest BCUT2D eigenvalue weighted by atomic mass is 32.2. The molecule has 246 valence electrons. The summed E-state index contributed by atoms with van der Waals surface area (Å²) >= 11 is 1.71. The number of thiophene rings is 1. The zero-order valence-electron chi connectivity index (χ0n) is 26.5. The number of amides is 2. The van der Waals surface area contributed by atoms with E-state index in [2.05, 4.69) is 50.2 Å². The Labute approximate surface area is 279 Å². The molecule has 9 nitrogen and oxygen atoms in total. The lowest BCUT2D eigenvalue weighted by atomic mass is 9.95. The molecule has 1 aromatic heterocycles. The minimum atomic E-state index is -4.22. The number of aromatic hydroxyl groups is 1. The van der Waals surface area contributed by atoms with Gasteiger partial charge >= 0.3 is 0 Å². The summed E-state index contributed by atoms with van der Waals surface area (Å²) in [6, 6.07) is 25.4. The molecule has 1 unspecified atom stereocenters. The van der Waals surface area contributed by atoms with Gasteiger partial charge in [-0.15, -0.1) is 11.3 Å². The van der Waals surface area contributed by atoms with Gasteiger partial charge in [0, 0.05) is 48.4 Å². The number of ether oxygens (including phenoxy) is 1. The molecule has 1 atom stereocenters. The lowest BCUT2D eigenvalue weighted by molar-refractivity contribution is -0.137. The Balaban J connectivity index is 1.10. The zero-order chi connectivity index (χ0) is 33.2. The summed E-state index contributed by atoms with van der Waals surface area (Å²) < 4.78 is 33.6. The van der Waals surface area contributed by atoms with Crippen LogP contribution in [-0.2, 0) is 26.2 Å². The number of benzene rings is 3. The largest absolute Gasteiger partial charge is 0.508 e. The molecule has 11 heteroatoms. The van der Waals surface area contributed by atoms with Crippen molar-refractivity contribution in [2.24, 2.45) is 5.92 Å². The second-order valence-corrected chi connectivity index (χ2v) is 15.3. The van der Waals surface area contributed by atoms with Crippen molar-refractivity contribution in [3.63, 3.8) is 0 Å². The third-order valence-electron chi connectivity index (χ3n) is 8.61. The van der Waals surface area contributed by atoms with Crippen molar-refractivity contribution < 1.29 is 27.9 Å². The summed E-state index contributed by atoms with van der Waals surface area (Å²) in [4.78, 5) is 32.2. The number of piperidine rings is 1. The van der Waals surface area contributed by atoms with Crippen molar-refractivity contribution in [2.45, 2.75) is 62.6 Å². The van der Waals surface area contributed by atoms with E-state index in [4.69, 9.17) is 4.74 Å². The molecule has 2 fully saturated rings.